The van der Waals surface area contributed by atoms with Crippen LogP contribution in [0.4, 0.5) is 0 Å². The maximum Gasteiger partial charge on any atom is 0.238 e. The van der Waals surface area contributed by atoms with E-state index < -0.39 is 0 Å². The van der Waals surface area contributed by atoms with Gasteiger partial charge in [0.2, 0.25) is 11.8 Å². The van der Waals surface area contributed by atoms with Crippen molar-refractivity contribution in [2.24, 2.45) is 0 Å². The molecule has 3 nitrogen and oxygen atoms in total. The summed E-state index contributed by atoms with van der Waals surface area (Å²) in [7, 11) is 0. The minimum absolute atomic E-state index is 0.358. The van der Waals surface area contributed by atoms with Gasteiger partial charge in [0.05, 0.1) is 0 Å². The fourth-order valence-corrected chi connectivity index (χ4v) is 3.04. The highest BCUT2D eigenvalue weighted by Gasteiger charge is 2.23. The summed E-state index contributed by atoms with van der Waals surface area (Å²) in [5.41, 5.74) is 0.991. The van der Waals surface area contributed by atoms with Gasteiger partial charge in [-0.3, -0.25) is 0 Å². The molecule has 3 rings (SSSR count). The lowest BCUT2D eigenvalue weighted by molar-refractivity contribution is 0.397. The summed E-state index contributed by atoms with van der Waals surface area (Å²) in [4.78, 5) is 0. The van der Waals surface area contributed by atoms with Gasteiger partial charge in [-0.25, -0.2) is 0 Å². The average molecular weight is 291 g/mol. The van der Waals surface area contributed by atoms with Crippen molar-refractivity contribution in [3.63, 3.8) is 0 Å². The first-order valence-corrected chi connectivity index (χ1v) is 7.80. The summed E-state index contributed by atoms with van der Waals surface area (Å²) in [6.07, 6.45) is 7.45. The molecule has 1 heterocycles. The Balaban J connectivity index is 1.76. The molecule has 20 heavy (non-hydrogen) atoms. The van der Waals surface area contributed by atoms with Crippen molar-refractivity contribution in [1.82, 2.24) is 10.2 Å². The van der Waals surface area contributed by atoms with Crippen LogP contribution in [0.2, 0.25) is 0 Å². The summed E-state index contributed by atoms with van der Waals surface area (Å²) in [6, 6.07) is 9.86. The Kier molecular flexibility index (Phi) is 4.36. The van der Waals surface area contributed by atoms with Gasteiger partial charge in [0.25, 0.3) is 0 Å². The number of hydrogen-bond donors (Lipinski definition) is 0. The van der Waals surface area contributed by atoms with Gasteiger partial charge in [-0.2, -0.15) is 0 Å². The van der Waals surface area contributed by atoms with Gasteiger partial charge in [0.15, 0.2) is 0 Å². The molecular weight excluding hydrogens is 272 g/mol. The molecule has 106 valence electrons. The quantitative estimate of drug-likeness (QED) is 0.600. The molecular formula is C16H19ClN2O. The molecule has 0 aliphatic heterocycles. The third-order valence-corrected chi connectivity index (χ3v) is 4.41. The molecule has 0 saturated heterocycles. The standard InChI is InChI=1S/C16H19ClN2O/c17-14(12-8-6-3-7-9-12)16-19-18-15(20-16)13-10-4-1-2-5-11-13/h3,6-9,13-14H,1-2,4-5,10-11H2. The number of alkyl halides is 1. The van der Waals surface area contributed by atoms with Gasteiger partial charge in [-0.05, 0) is 18.4 Å². The number of benzene rings is 1. The second kappa shape index (κ2) is 6.40. The monoisotopic (exact) mass is 290 g/mol. The van der Waals surface area contributed by atoms with Gasteiger partial charge in [-0.1, -0.05) is 56.0 Å². The maximum atomic E-state index is 6.42. The van der Waals surface area contributed by atoms with Crippen molar-refractivity contribution in [3.05, 3.63) is 47.7 Å². The molecule has 1 aromatic heterocycles. The summed E-state index contributed by atoms with van der Waals surface area (Å²) >= 11 is 6.42. The van der Waals surface area contributed by atoms with Crippen LogP contribution in [0.1, 0.15) is 67.2 Å². The lowest BCUT2D eigenvalue weighted by atomic mass is 10.0. The number of rotatable bonds is 3. The van der Waals surface area contributed by atoms with Crippen LogP contribution >= 0.6 is 11.6 Å². The van der Waals surface area contributed by atoms with Crippen molar-refractivity contribution < 1.29 is 4.42 Å². The van der Waals surface area contributed by atoms with E-state index in [4.69, 9.17) is 16.0 Å². The smallest absolute Gasteiger partial charge is 0.238 e. The van der Waals surface area contributed by atoms with E-state index in [-0.39, 0.29) is 5.38 Å². The summed E-state index contributed by atoms with van der Waals surface area (Å²) < 4.78 is 5.84. The Bertz CT molecular complexity index is 532. The largest absolute Gasteiger partial charge is 0.423 e. The predicted molar refractivity (Wildman–Crippen MR) is 78.9 cm³/mol. The molecule has 1 unspecified atom stereocenters. The fraction of sp³-hybridized carbons (Fsp3) is 0.500. The van der Waals surface area contributed by atoms with Crippen LogP contribution in [0.3, 0.4) is 0 Å². The fourth-order valence-electron chi connectivity index (χ4n) is 2.80. The van der Waals surface area contributed by atoms with E-state index in [1.165, 1.54) is 25.7 Å². The molecule has 1 aliphatic carbocycles. The Labute approximate surface area is 124 Å². The van der Waals surface area contributed by atoms with Gasteiger partial charge in [0.1, 0.15) is 5.38 Å². The highest BCUT2D eigenvalue weighted by molar-refractivity contribution is 6.22. The van der Waals surface area contributed by atoms with Crippen LogP contribution in [0.5, 0.6) is 0 Å². The molecule has 0 N–H and O–H groups in total. The van der Waals surface area contributed by atoms with Crippen molar-refractivity contribution in [3.8, 4) is 0 Å². The molecule has 2 aromatic rings. The zero-order valence-corrected chi connectivity index (χ0v) is 12.2. The number of halogens is 1. The molecule has 1 aliphatic rings. The van der Waals surface area contributed by atoms with Crippen LogP contribution in [0, 0.1) is 0 Å². The van der Waals surface area contributed by atoms with E-state index in [0.29, 0.717) is 11.8 Å². The van der Waals surface area contributed by atoms with E-state index >= 15 is 0 Å². The zero-order valence-electron chi connectivity index (χ0n) is 11.5. The van der Waals surface area contributed by atoms with Crippen LogP contribution in [0.25, 0.3) is 0 Å². The predicted octanol–water partition coefficient (Wildman–Crippen LogP) is 4.84. The first-order valence-electron chi connectivity index (χ1n) is 7.37. The molecule has 0 amide bonds. The maximum absolute atomic E-state index is 6.42. The highest BCUT2D eigenvalue weighted by atomic mass is 35.5. The summed E-state index contributed by atoms with van der Waals surface area (Å²) in [5, 5.41) is 8.02. The molecule has 4 heteroatoms. The molecule has 1 saturated carbocycles. The lowest BCUT2D eigenvalue weighted by Gasteiger charge is -2.08. The normalized spacial score (nSPS) is 18.6. The van der Waals surface area contributed by atoms with Crippen molar-refractivity contribution in [1.29, 1.82) is 0 Å². The summed E-state index contributed by atoms with van der Waals surface area (Å²) in [6.45, 7) is 0. The molecule has 1 fully saturated rings. The third-order valence-electron chi connectivity index (χ3n) is 3.97. The summed E-state index contributed by atoms with van der Waals surface area (Å²) in [5.74, 6) is 1.69. The van der Waals surface area contributed by atoms with Gasteiger partial charge >= 0.3 is 0 Å². The Morgan fingerprint density at radius 3 is 2.40 bits per heavy atom. The average Bonchev–Trinajstić information content (AvgIpc) is 2.83. The Morgan fingerprint density at radius 1 is 1.00 bits per heavy atom. The molecule has 1 aromatic carbocycles. The Hall–Kier alpha value is -1.35. The third kappa shape index (κ3) is 3.04. The van der Waals surface area contributed by atoms with Crippen molar-refractivity contribution in [2.45, 2.75) is 49.8 Å². The molecule has 0 radical (unpaired) electrons. The number of aromatic nitrogens is 2. The highest BCUT2D eigenvalue weighted by Crippen LogP contribution is 2.33. The van der Waals surface area contributed by atoms with E-state index in [1.54, 1.807) is 0 Å². The van der Waals surface area contributed by atoms with Gasteiger partial charge < -0.3 is 4.42 Å². The lowest BCUT2D eigenvalue weighted by Crippen LogP contribution is -1.97. The van der Waals surface area contributed by atoms with E-state index in [1.807, 2.05) is 30.3 Å². The SMILES string of the molecule is ClC(c1ccccc1)c1nnc(C2CCCCCC2)o1. The minimum Gasteiger partial charge on any atom is -0.423 e. The zero-order chi connectivity index (χ0) is 13.8. The van der Waals surface area contributed by atoms with Gasteiger partial charge in [-0.15, -0.1) is 21.8 Å². The van der Waals surface area contributed by atoms with Gasteiger partial charge in [0, 0.05) is 5.92 Å². The van der Waals surface area contributed by atoms with E-state index in [9.17, 15) is 0 Å². The first kappa shape index (κ1) is 13.6. The van der Waals surface area contributed by atoms with Crippen molar-refractivity contribution in [2.75, 3.05) is 0 Å². The van der Waals surface area contributed by atoms with E-state index in [0.717, 1.165) is 24.3 Å². The second-order valence-electron chi connectivity index (χ2n) is 5.44. The number of nitrogens with zero attached hydrogens (tertiary/aromatic N) is 2. The first-order chi connectivity index (χ1) is 9.84. The van der Waals surface area contributed by atoms with E-state index in [2.05, 4.69) is 10.2 Å². The molecule has 0 spiro atoms. The molecule has 0 bridgehead atoms. The van der Waals surface area contributed by atoms with Crippen LogP contribution in [-0.4, -0.2) is 10.2 Å². The van der Waals surface area contributed by atoms with Crippen LogP contribution in [0.15, 0.2) is 34.7 Å². The number of hydrogen-bond acceptors (Lipinski definition) is 3. The topological polar surface area (TPSA) is 38.9 Å². The Morgan fingerprint density at radius 2 is 1.70 bits per heavy atom. The van der Waals surface area contributed by atoms with Crippen molar-refractivity contribution >= 4 is 11.6 Å². The minimum atomic E-state index is -0.358. The second-order valence-corrected chi connectivity index (χ2v) is 5.88. The van der Waals surface area contributed by atoms with Crippen LogP contribution < -0.4 is 0 Å². The van der Waals surface area contributed by atoms with Crippen LogP contribution in [-0.2, 0) is 0 Å². The molecule has 1 atom stereocenters.